The second-order valence-electron chi connectivity index (χ2n) is 4.48. The average molecular weight is 419 g/mol. The van der Waals surface area contributed by atoms with Crippen molar-refractivity contribution in [1.29, 1.82) is 0 Å². The Balaban J connectivity index is 2.42. The van der Waals surface area contributed by atoms with Crippen molar-refractivity contribution in [3.63, 3.8) is 0 Å². The number of halogens is 2. The number of thiophene rings is 1. The van der Waals surface area contributed by atoms with Gasteiger partial charge in [-0.25, -0.2) is 0 Å². The standard InChI is InChI=1S/C15H17Br2NOS/c1-4-18-14(13-8-12(16)15(17)20-13)11-6-5-10(19-3)7-9(11)2/h5-8,14,18H,4H2,1-3H3. The van der Waals surface area contributed by atoms with E-state index in [0.29, 0.717) is 0 Å². The largest absolute Gasteiger partial charge is 0.497 e. The fraction of sp³-hybridized carbons (Fsp3) is 0.333. The molecule has 0 radical (unpaired) electrons. The third-order valence-corrected chi connectivity index (χ3v) is 6.47. The fourth-order valence-corrected chi connectivity index (χ4v) is 4.36. The van der Waals surface area contributed by atoms with Gasteiger partial charge in [0.25, 0.3) is 0 Å². The highest BCUT2D eigenvalue weighted by atomic mass is 79.9. The van der Waals surface area contributed by atoms with Gasteiger partial charge in [-0.3, -0.25) is 0 Å². The minimum absolute atomic E-state index is 0.207. The van der Waals surface area contributed by atoms with Crippen LogP contribution in [0, 0.1) is 6.92 Å². The monoisotopic (exact) mass is 417 g/mol. The summed E-state index contributed by atoms with van der Waals surface area (Å²) in [4.78, 5) is 1.29. The fourth-order valence-electron chi connectivity index (χ4n) is 2.17. The number of hydrogen-bond acceptors (Lipinski definition) is 3. The SMILES string of the molecule is CCNC(c1cc(Br)c(Br)s1)c1ccc(OC)cc1C. The van der Waals surface area contributed by atoms with Gasteiger partial charge in [0.15, 0.2) is 0 Å². The van der Waals surface area contributed by atoms with Gasteiger partial charge in [-0.1, -0.05) is 13.0 Å². The average Bonchev–Trinajstić information content (AvgIpc) is 2.76. The molecule has 0 saturated carbocycles. The van der Waals surface area contributed by atoms with Crippen molar-refractivity contribution in [3.05, 3.63) is 48.5 Å². The molecule has 2 rings (SSSR count). The number of nitrogens with one attached hydrogen (secondary N) is 1. The molecule has 2 aromatic rings. The molecule has 0 aliphatic carbocycles. The van der Waals surface area contributed by atoms with Crippen LogP contribution in [0.1, 0.15) is 29.0 Å². The summed E-state index contributed by atoms with van der Waals surface area (Å²) in [6.45, 7) is 5.17. The van der Waals surface area contributed by atoms with Crippen molar-refractivity contribution in [3.8, 4) is 5.75 Å². The lowest BCUT2D eigenvalue weighted by Gasteiger charge is -2.19. The Morgan fingerprint density at radius 2 is 2.05 bits per heavy atom. The van der Waals surface area contributed by atoms with Gasteiger partial charge >= 0.3 is 0 Å². The van der Waals surface area contributed by atoms with Crippen LogP contribution in [-0.4, -0.2) is 13.7 Å². The first-order valence-corrected chi connectivity index (χ1v) is 8.79. The highest BCUT2D eigenvalue weighted by molar-refractivity contribution is 9.13. The molecule has 0 fully saturated rings. The summed E-state index contributed by atoms with van der Waals surface area (Å²) in [5.41, 5.74) is 2.52. The summed E-state index contributed by atoms with van der Waals surface area (Å²) in [6.07, 6.45) is 0. The molecule has 0 aliphatic rings. The Labute approximate surface area is 140 Å². The zero-order chi connectivity index (χ0) is 14.7. The van der Waals surface area contributed by atoms with Crippen LogP contribution in [0.25, 0.3) is 0 Å². The number of rotatable bonds is 5. The second kappa shape index (κ2) is 7.07. The van der Waals surface area contributed by atoms with Crippen LogP contribution >= 0.6 is 43.2 Å². The van der Waals surface area contributed by atoms with Crippen molar-refractivity contribution >= 4 is 43.2 Å². The molecule has 1 atom stereocenters. The molecule has 1 unspecified atom stereocenters. The summed E-state index contributed by atoms with van der Waals surface area (Å²) in [6, 6.07) is 8.62. The highest BCUT2D eigenvalue weighted by Gasteiger charge is 2.19. The minimum atomic E-state index is 0.207. The van der Waals surface area contributed by atoms with Crippen LogP contribution in [0.4, 0.5) is 0 Å². The maximum Gasteiger partial charge on any atom is 0.119 e. The Bertz CT molecular complexity index is 578. The summed E-state index contributed by atoms with van der Waals surface area (Å²) < 4.78 is 7.52. The van der Waals surface area contributed by atoms with E-state index < -0.39 is 0 Å². The van der Waals surface area contributed by atoms with E-state index >= 15 is 0 Å². The molecular weight excluding hydrogens is 402 g/mol. The Hall–Kier alpha value is -0.360. The molecule has 1 N–H and O–H groups in total. The van der Waals surface area contributed by atoms with Crippen LogP contribution < -0.4 is 10.1 Å². The van der Waals surface area contributed by atoms with Gasteiger partial charge in [-0.05, 0) is 74.7 Å². The van der Waals surface area contributed by atoms with E-state index in [1.165, 1.54) is 16.0 Å². The van der Waals surface area contributed by atoms with Gasteiger partial charge < -0.3 is 10.1 Å². The molecule has 0 amide bonds. The van der Waals surface area contributed by atoms with Gasteiger partial charge in [0.1, 0.15) is 5.75 Å². The van der Waals surface area contributed by atoms with Crippen molar-refractivity contribution in [2.24, 2.45) is 0 Å². The van der Waals surface area contributed by atoms with Crippen molar-refractivity contribution in [2.45, 2.75) is 19.9 Å². The van der Waals surface area contributed by atoms with Crippen molar-refractivity contribution in [1.82, 2.24) is 5.32 Å². The molecule has 20 heavy (non-hydrogen) atoms. The van der Waals surface area contributed by atoms with Crippen LogP contribution in [0.15, 0.2) is 32.5 Å². The maximum atomic E-state index is 5.29. The first kappa shape index (κ1) is 16.0. The summed E-state index contributed by atoms with van der Waals surface area (Å²) >= 11 is 8.89. The van der Waals surface area contributed by atoms with Crippen LogP contribution in [0.5, 0.6) is 5.75 Å². The van der Waals surface area contributed by atoms with Gasteiger partial charge in [-0.2, -0.15) is 0 Å². The van der Waals surface area contributed by atoms with Gasteiger partial charge in [0, 0.05) is 9.35 Å². The highest BCUT2D eigenvalue weighted by Crippen LogP contribution is 2.38. The van der Waals surface area contributed by atoms with Crippen molar-refractivity contribution in [2.75, 3.05) is 13.7 Å². The van der Waals surface area contributed by atoms with E-state index in [1.807, 2.05) is 6.07 Å². The molecule has 5 heteroatoms. The third kappa shape index (κ3) is 3.45. The van der Waals surface area contributed by atoms with E-state index in [9.17, 15) is 0 Å². The topological polar surface area (TPSA) is 21.3 Å². The predicted octanol–water partition coefficient (Wildman–Crippen LogP) is 5.29. The first-order chi connectivity index (χ1) is 9.56. The molecule has 2 nitrogen and oxygen atoms in total. The summed E-state index contributed by atoms with van der Waals surface area (Å²) in [5, 5.41) is 3.56. The van der Waals surface area contributed by atoms with Crippen LogP contribution in [0.2, 0.25) is 0 Å². The first-order valence-electron chi connectivity index (χ1n) is 6.39. The number of hydrogen-bond donors (Lipinski definition) is 1. The zero-order valence-electron chi connectivity index (χ0n) is 11.7. The van der Waals surface area contributed by atoms with Gasteiger partial charge in [0.2, 0.25) is 0 Å². The molecule has 1 aromatic carbocycles. The minimum Gasteiger partial charge on any atom is -0.497 e. The van der Waals surface area contributed by atoms with E-state index in [1.54, 1.807) is 18.4 Å². The van der Waals surface area contributed by atoms with Gasteiger partial charge in [0.05, 0.1) is 16.9 Å². The molecule has 1 aromatic heterocycles. The molecule has 0 aliphatic heterocycles. The number of ether oxygens (including phenoxy) is 1. The Morgan fingerprint density at radius 3 is 2.55 bits per heavy atom. The van der Waals surface area contributed by atoms with Gasteiger partial charge in [-0.15, -0.1) is 11.3 Å². The molecule has 108 valence electrons. The van der Waals surface area contributed by atoms with E-state index in [0.717, 1.165) is 20.6 Å². The normalized spacial score (nSPS) is 12.4. The molecule has 0 bridgehead atoms. The summed E-state index contributed by atoms with van der Waals surface area (Å²) in [7, 11) is 1.70. The Kier molecular flexibility index (Phi) is 5.66. The smallest absolute Gasteiger partial charge is 0.119 e. The molecule has 0 saturated heterocycles. The van der Waals surface area contributed by atoms with Crippen molar-refractivity contribution < 1.29 is 4.74 Å². The second-order valence-corrected chi connectivity index (χ2v) is 7.74. The lowest BCUT2D eigenvalue weighted by Crippen LogP contribution is -2.21. The number of aryl methyl sites for hydroxylation is 1. The predicted molar refractivity (Wildman–Crippen MR) is 93.0 cm³/mol. The quantitative estimate of drug-likeness (QED) is 0.712. The molecule has 1 heterocycles. The Morgan fingerprint density at radius 1 is 1.30 bits per heavy atom. The summed E-state index contributed by atoms with van der Waals surface area (Å²) in [5.74, 6) is 0.898. The van der Waals surface area contributed by atoms with E-state index in [-0.39, 0.29) is 6.04 Å². The zero-order valence-corrected chi connectivity index (χ0v) is 15.7. The lowest BCUT2D eigenvalue weighted by atomic mass is 9.99. The molecular formula is C15H17Br2NOS. The number of benzene rings is 1. The van der Waals surface area contributed by atoms with E-state index in [4.69, 9.17) is 4.74 Å². The third-order valence-electron chi connectivity index (χ3n) is 3.14. The lowest BCUT2D eigenvalue weighted by molar-refractivity contribution is 0.414. The van der Waals surface area contributed by atoms with Crippen LogP contribution in [-0.2, 0) is 0 Å². The molecule has 0 spiro atoms. The maximum absolute atomic E-state index is 5.29. The van der Waals surface area contributed by atoms with E-state index in [2.05, 4.69) is 69.2 Å². The number of methoxy groups -OCH3 is 1. The van der Waals surface area contributed by atoms with Crippen LogP contribution in [0.3, 0.4) is 0 Å².